The summed E-state index contributed by atoms with van der Waals surface area (Å²) >= 11 is 1.37. The number of nitrogens with one attached hydrogen (secondary N) is 2. The first-order valence-electron chi connectivity index (χ1n) is 5.79. The number of aromatic amines is 1. The van der Waals surface area contributed by atoms with E-state index in [1.165, 1.54) is 11.8 Å². The van der Waals surface area contributed by atoms with E-state index in [2.05, 4.69) is 15.3 Å². The molecule has 0 aliphatic rings. The average molecular weight is 277 g/mol. The normalized spacial score (nSPS) is 13.9. The van der Waals surface area contributed by atoms with E-state index in [1.807, 2.05) is 30.3 Å². The summed E-state index contributed by atoms with van der Waals surface area (Å²) in [5, 5.41) is 13.2. The van der Waals surface area contributed by atoms with Gasteiger partial charge in [0, 0.05) is 18.1 Å². The monoisotopic (exact) mass is 277 g/mol. The van der Waals surface area contributed by atoms with Gasteiger partial charge in [-0.15, -0.1) is 0 Å². The Kier molecular flexibility index (Phi) is 4.24. The van der Waals surface area contributed by atoms with E-state index in [9.17, 15) is 9.90 Å². The predicted molar refractivity (Wildman–Crippen MR) is 74.1 cm³/mol. The first-order valence-corrected chi connectivity index (χ1v) is 6.77. The molecule has 1 unspecified atom stereocenters. The van der Waals surface area contributed by atoms with E-state index in [4.69, 9.17) is 0 Å². The Labute approximate surface area is 115 Å². The number of aromatic nitrogens is 2. The van der Waals surface area contributed by atoms with Gasteiger partial charge in [0.05, 0.1) is 0 Å². The van der Waals surface area contributed by atoms with Gasteiger partial charge in [0.15, 0.2) is 10.7 Å². The lowest BCUT2D eigenvalue weighted by atomic mass is 9.92. The van der Waals surface area contributed by atoms with Crippen molar-refractivity contribution >= 4 is 17.7 Å². The molecular formula is C13H15N3O2S. The number of aliphatic carboxylic acids is 1. The second-order valence-electron chi connectivity index (χ2n) is 4.01. The maximum absolute atomic E-state index is 11.7. The highest BCUT2D eigenvalue weighted by Gasteiger charge is 2.39. The van der Waals surface area contributed by atoms with E-state index < -0.39 is 11.5 Å². The fourth-order valence-corrected chi connectivity index (χ4v) is 2.90. The minimum absolute atomic E-state index is 0.344. The van der Waals surface area contributed by atoms with Crippen molar-refractivity contribution in [2.24, 2.45) is 0 Å². The van der Waals surface area contributed by atoms with Gasteiger partial charge in [-0.3, -0.25) is 0 Å². The number of imidazole rings is 1. The van der Waals surface area contributed by atoms with Crippen LogP contribution in [0.2, 0.25) is 0 Å². The van der Waals surface area contributed by atoms with Crippen LogP contribution in [-0.4, -0.2) is 33.8 Å². The van der Waals surface area contributed by atoms with Crippen molar-refractivity contribution in [1.82, 2.24) is 15.3 Å². The number of hydrogen-bond acceptors (Lipinski definition) is 4. The Hall–Kier alpha value is -1.79. The number of hydrogen-bond donors (Lipinski definition) is 3. The molecule has 3 N–H and O–H groups in total. The van der Waals surface area contributed by atoms with Crippen LogP contribution in [0.3, 0.4) is 0 Å². The molecule has 0 bridgehead atoms. The Morgan fingerprint density at radius 3 is 2.74 bits per heavy atom. The van der Waals surface area contributed by atoms with Gasteiger partial charge < -0.3 is 15.4 Å². The largest absolute Gasteiger partial charge is 0.480 e. The van der Waals surface area contributed by atoms with E-state index in [0.29, 0.717) is 10.9 Å². The van der Waals surface area contributed by atoms with Crippen LogP contribution in [0, 0.1) is 0 Å². The number of thioether (sulfide) groups is 1. The second kappa shape index (κ2) is 5.90. The van der Waals surface area contributed by atoms with Crippen molar-refractivity contribution < 1.29 is 9.90 Å². The third-order valence-corrected chi connectivity index (χ3v) is 4.03. The number of carboxylic acids is 1. The summed E-state index contributed by atoms with van der Waals surface area (Å²) in [7, 11) is 1.66. The molecule has 0 fully saturated rings. The quantitative estimate of drug-likeness (QED) is 0.701. The van der Waals surface area contributed by atoms with Gasteiger partial charge in [-0.1, -0.05) is 42.1 Å². The zero-order valence-corrected chi connectivity index (χ0v) is 11.3. The highest BCUT2D eigenvalue weighted by Crippen LogP contribution is 2.28. The standard InChI is InChI=1S/C13H15N3O2S/c1-14-13(11(17)18,10-5-3-2-4-6-10)9-19-12-15-7-8-16-12/h2-8,14H,9H2,1H3,(H,15,16)(H,17,18). The van der Waals surface area contributed by atoms with Crippen molar-refractivity contribution in [2.75, 3.05) is 12.8 Å². The van der Waals surface area contributed by atoms with Crippen LogP contribution in [0.4, 0.5) is 0 Å². The smallest absolute Gasteiger partial charge is 0.329 e. The van der Waals surface area contributed by atoms with Crippen molar-refractivity contribution in [1.29, 1.82) is 0 Å². The summed E-state index contributed by atoms with van der Waals surface area (Å²) in [6.07, 6.45) is 3.36. The van der Waals surface area contributed by atoms with E-state index in [1.54, 1.807) is 19.4 Å². The van der Waals surface area contributed by atoms with Crippen LogP contribution < -0.4 is 5.32 Å². The van der Waals surface area contributed by atoms with Gasteiger partial charge >= 0.3 is 5.97 Å². The Morgan fingerprint density at radius 1 is 1.47 bits per heavy atom. The molecule has 6 heteroatoms. The van der Waals surface area contributed by atoms with Gasteiger partial charge in [-0.05, 0) is 12.6 Å². The van der Waals surface area contributed by atoms with E-state index in [0.717, 1.165) is 5.56 Å². The number of benzene rings is 1. The minimum Gasteiger partial charge on any atom is -0.480 e. The van der Waals surface area contributed by atoms with E-state index >= 15 is 0 Å². The van der Waals surface area contributed by atoms with Crippen LogP contribution in [0.1, 0.15) is 5.56 Å². The highest BCUT2D eigenvalue weighted by molar-refractivity contribution is 7.99. The third-order valence-electron chi connectivity index (χ3n) is 2.96. The molecule has 100 valence electrons. The maximum atomic E-state index is 11.7. The molecule has 5 nitrogen and oxygen atoms in total. The molecule has 0 aliphatic heterocycles. The molecule has 1 aromatic heterocycles. The number of rotatable bonds is 6. The molecule has 0 amide bonds. The summed E-state index contributed by atoms with van der Waals surface area (Å²) in [6.45, 7) is 0. The molecule has 19 heavy (non-hydrogen) atoms. The van der Waals surface area contributed by atoms with Crippen molar-refractivity contribution in [2.45, 2.75) is 10.7 Å². The number of H-pyrrole nitrogens is 1. The third kappa shape index (κ3) is 2.80. The summed E-state index contributed by atoms with van der Waals surface area (Å²) in [5.41, 5.74) is -0.400. The molecule has 2 aromatic rings. The van der Waals surface area contributed by atoms with Crippen molar-refractivity contribution in [3.8, 4) is 0 Å². The topological polar surface area (TPSA) is 78.0 Å². The first kappa shape index (κ1) is 13.6. The predicted octanol–water partition coefficient (Wildman–Crippen LogP) is 1.70. The number of likely N-dealkylation sites (N-methyl/N-ethyl adjacent to an activating group) is 1. The van der Waals surface area contributed by atoms with Crippen LogP contribution >= 0.6 is 11.8 Å². The molecule has 2 rings (SSSR count). The number of nitrogens with zero attached hydrogens (tertiary/aromatic N) is 1. The number of carbonyl (C=O) groups is 1. The fourth-order valence-electron chi connectivity index (χ4n) is 1.82. The molecule has 0 spiro atoms. The first-order chi connectivity index (χ1) is 9.19. The van der Waals surface area contributed by atoms with Gasteiger partial charge in [-0.2, -0.15) is 0 Å². The fraction of sp³-hybridized carbons (Fsp3) is 0.231. The summed E-state index contributed by atoms with van der Waals surface area (Å²) in [6, 6.07) is 9.16. The lowest BCUT2D eigenvalue weighted by molar-refractivity contribution is -0.144. The molecule has 0 saturated heterocycles. The average Bonchev–Trinajstić information content (AvgIpc) is 2.94. The molecule has 1 aromatic carbocycles. The van der Waals surface area contributed by atoms with Crippen LogP contribution in [0.25, 0.3) is 0 Å². The van der Waals surface area contributed by atoms with Crippen LogP contribution in [-0.2, 0) is 10.3 Å². The number of carboxylic acid groups (broad SMARTS) is 1. The second-order valence-corrected chi connectivity index (χ2v) is 4.97. The van der Waals surface area contributed by atoms with Crippen LogP contribution in [0.5, 0.6) is 0 Å². The summed E-state index contributed by atoms with van der Waals surface area (Å²) in [5.74, 6) is -0.559. The SMILES string of the molecule is CNC(CSc1ncc[nH]1)(C(=O)O)c1ccccc1. The Balaban J connectivity index is 2.27. The Morgan fingerprint density at radius 2 is 2.21 bits per heavy atom. The van der Waals surface area contributed by atoms with E-state index in [-0.39, 0.29) is 0 Å². The van der Waals surface area contributed by atoms with Crippen molar-refractivity contribution in [3.05, 3.63) is 48.3 Å². The van der Waals surface area contributed by atoms with Gasteiger partial charge in [0.1, 0.15) is 0 Å². The highest BCUT2D eigenvalue weighted by atomic mass is 32.2. The van der Waals surface area contributed by atoms with Crippen LogP contribution in [0.15, 0.2) is 47.9 Å². The lowest BCUT2D eigenvalue weighted by Crippen LogP contribution is -2.49. The maximum Gasteiger partial charge on any atom is 0.329 e. The Bertz CT molecular complexity index is 530. The zero-order valence-electron chi connectivity index (χ0n) is 10.5. The summed E-state index contributed by atoms with van der Waals surface area (Å²) in [4.78, 5) is 18.8. The molecule has 0 aliphatic carbocycles. The van der Waals surface area contributed by atoms with Gasteiger partial charge in [0.25, 0.3) is 0 Å². The molecule has 0 saturated carbocycles. The summed E-state index contributed by atoms with van der Waals surface area (Å²) < 4.78 is 0. The molecule has 0 radical (unpaired) electrons. The van der Waals surface area contributed by atoms with Crippen molar-refractivity contribution in [3.63, 3.8) is 0 Å². The molecule has 1 heterocycles. The lowest BCUT2D eigenvalue weighted by Gasteiger charge is -2.28. The zero-order chi connectivity index (χ0) is 13.7. The molecule has 1 atom stereocenters. The minimum atomic E-state index is -1.13. The van der Waals surface area contributed by atoms with Gasteiger partial charge in [0.2, 0.25) is 0 Å². The molecular weight excluding hydrogens is 262 g/mol. The van der Waals surface area contributed by atoms with Gasteiger partial charge in [-0.25, -0.2) is 9.78 Å².